The molecule has 1 aliphatic heterocycles. The van der Waals surface area contributed by atoms with Crippen LogP contribution in [0.2, 0.25) is 0 Å². The number of benzene rings is 1. The number of hydrogen-bond acceptors (Lipinski definition) is 4. The van der Waals surface area contributed by atoms with Gasteiger partial charge in [-0.1, -0.05) is 19.9 Å². The molecule has 0 saturated carbocycles. The number of nitrogens with two attached hydrogens (primary N) is 1. The number of rotatable bonds is 6. The standard InChI is InChI=1S/C17H25N3O4S/c1-3-20(4-2)25(23,24)15-9-5-7-13(11-15)17(22)19-10-6-8-14(12-19)16(18)21/h5,7,9,11,14H,3-4,6,8,10,12H2,1-2H3,(H2,18,21)/t14-/m0/s1. The second-order valence-electron chi connectivity index (χ2n) is 6.11. The highest BCUT2D eigenvalue weighted by Gasteiger charge is 2.28. The number of carbonyl (C=O) groups is 2. The summed E-state index contributed by atoms with van der Waals surface area (Å²) in [5, 5.41) is 0. The first-order valence-electron chi connectivity index (χ1n) is 8.50. The molecule has 8 heteroatoms. The first-order valence-corrected chi connectivity index (χ1v) is 9.94. The number of likely N-dealkylation sites (tertiary alicyclic amines) is 1. The molecule has 0 radical (unpaired) electrons. The average molecular weight is 367 g/mol. The van der Waals surface area contributed by atoms with Crippen LogP contribution in [0.5, 0.6) is 0 Å². The fourth-order valence-corrected chi connectivity index (χ4v) is 4.58. The van der Waals surface area contributed by atoms with Crippen molar-refractivity contribution in [2.45, 2.75) is 31.6 Å². The molecule has 2 amide bonds. The maximum atomic E-state index is 12.7. The van der Waals surface area contributed by atoms with Crippen molar-refractivity contribution in [3.05, 3.63) is 29.8 Å². The van der Waals surface area contributed by atoms with E-state index in [4.69, 9.17) is 5.73 Å². The number of hydrogen-bond donors (Lipinski definition) is 1. The van der Waals surface area contributed by atoms with Gasteiger partial charge in [-0.15, -0.1) is 0 Å². The van der Waals surface area contributed by atoms with Crippen molar-refractivity contribution in [3.63, 3.8) is 0 Å². The third-order valence-corrected chi connectivity index (χ3v) is 6.58. The van der Waals surface area contributed by atoms with Gasteiger partial charge >= 0.3 is 0 Å². The van der Waals surface area contributed by atoms with Gasteiger partial charge in [-0.25, -0.2) is 8.42 Å². The minimum atomic E-state index is -3.62. The molecule has 1 aromatic carbocycles. The molecule has 0 bridgehead atoms. The molecule has 1 saturated heterocycles. The summed E-state index contributed by atoms with van der Waals surface area (Å²) in [5.41, 5.74) is 5.66. The van der Waals surface area contributed by atoms with Crippen molar-refractivity contribution in [1.82, 2.24) is 9.21 Å². The molecule has 2 N–H and O–H groups in total. The van der Waals surface area contributed by atoms with Crippen LogP contribution in [0.4, 0.5) is 0 Å². The lowest BCUT2D eigenvalue weighted by atomic mass is 9.97. The third kappa shape index (κ3) is 4.19. The Balaban J connectivity index is 2.26. The van der Waals surface area contributed by atoms with Crippen LogP contribution in [0, 0.1) is 5.92 Å². The molecule has 0 aliphatic carbocycles. The Morgan fingerprint density at radius 1 is 1.28 bits per heavy atom. The molecule has 1 heterocycles. The smallest absolute Gasteiger partial charge is 0.253 e. The van der Waals surface area contributed by atoms with Crippen LogP contribution in [0.25, 0.3) is 0 Å². The van der Waals surface area contributed by atoms with Gasteiger partial charge < -0.3 is 10.6 Å². The van der Waals surface area contributed by atoms with Gasteiger partial charge in [0.15, 0.2) is 0 Å². The molecular weight excluding hydrogens is 342 g/mol. The molecular formula is C17H25N3O4S. The maximum Gasteiger partial charge on any atom is 0.253 e. The Kier molecular flexibility index (Phi) is 6.18. The third-order valence-electron chi connectivity index (χ3n) is 4.54. The van der Waals surface area contributed by atoms with E-state index in [-0.39, 0.29) is 23.3 Å². The highest BCUT2D eigenvalue weighted by atomic mass is 32.2. The van der Waals surface area contributed by atoms with Crippen molar-refractivity contribution >= 4 is 21.8 Å². The molecule has 1 fully saturated rings. The van der Waals surface area contributed by atoms with E-state index in [1.807, 2.05) is 0 Å². The molecule has 1 atom stereocenters. The van der Waals surface area contributed by atoms with E-state index in [1.165, 1.54) is 16.4 Å². The van der Waals surface area contributed by atoms with E-state index in [2.05, 4.69) is 0 Å². The van der Waals surface area contributed by atoms with Crippen LogP contribution in [0.1, 0.15) is 37.0 Å². The predicted molar refractivity (Wildman–Crippen MR) is 94.4 cm³/mol. The van der Waals surface area contributed by atoms with Crippen LogP contribution >= 0.6 is 0 Å². The van der Waals surface area contributed by atoms with Crippen molar-refractivity contribution in [1.29, 1.82) is 0 Å². The minimum Gasteiger partial charge on any atom is -0.369 e. The van der Waals surface area contributed by atoms with E-state index in [1.54, 1.807) is 30.9 Å². The first-order chi connectivity index (χ1) is 11.8. The van der Waals surface area contributed by atoms with Gasteiger partial charge in [-0.3, -0.25) is 9.59 Å². The lowest BCUT2D eigenvalue weighted by molar-refractivity contribution is -0.123. The molecule has 25 heavy (non-hydrogen) atoms. The lowest BCUT2D eigenvalue weighted by Gasteiger charge is -2.31. The Hall–Kier alpha value is -1.93. The largest absolute Gasteiger partial charge is 0.369 e. The normalized spacial score (nSPS) is 18.4. The fraction of sp³-hybridized carbons (Fsp3) is 0.529. The van der Waals surface area contributed by atoms with Gasteiger partial charge in [0.25, 0.3) is 5.91 Å². The van der Waals surface area contributed by atoms with Crippen LogP contribution in [0.3, 0.4) is 0 Å². The zero-order valence-electron chi connectivity index (χ0n) is 14.6. The molecule has 1 aromatic rings. The quantitative estimate of drug-likeness (QED) is 0.812. The van der Waals surface area contributed by atoms with E-state index in [9.17, 15) is 18.0 Å². The number of primary amides is 1. The number of carbonyl (C=O) groups excluding carboxylic acids is 2. The summed E-state index contributed by atoms with van der Waals surface area (Å²) in [6, 6.07) is 6.06. The first kappa shape index (κ1) is 19.4. The fourth-order valence-electron chi connectivity index (χ4n) is 3.08. The number of nitrogens with zero attached hydrogens (tertiary/aromatic N) is 2. The van der Waals surface area contributed by atoms with E-state index in [0.717, 1.165) is 0 Å². The Bertz CT molecular complexity index is 744. The predicted octanol–water partition coefficient (Wildman–Crippen LogP) is 1.05. The van der Waals surface area contributed by atoms with E-state index >= 15 is 0 Å². The van der Waals surface area contributed by atoms with Gasteiger partial charge in [0, 0.05) is 31.7 Å². The van der Waals surface area contributed by atoms with Crippen molar-refractivity contribution < 1.29 is 18.0 Å². The molecule has 0 unspecified atom stereocenters. The lowest BCUT2D eigenvalue weighted by Crippen LogP contribution is -2.44. The van der Waals surface area contributed by atoms with Crippen LogP contribution < -0.4 is 5.73 Å². The monoisotopic (exact) mass is 367 g/mol. The van der Waals surface area contributed by atoms with Crippen LogP contribution in [0.15, 0.2) is 29.2 Å². The van der Waals surface area contributed by atoms with Gasteiger partial charge in [-0.2, -0.15) is 4.31 Å². The molecule has 0 aromatic heterocycles. The summed E-state index contributed by atoms with van der Waals surface area (Å²) < 4.78 is 26.6. The molecule has 0 spiro atoms. The summed E-state index contributed by atoms with van der Waals surface area (Å²) >= 11 is 0. The zero-order chi connectivity index (χ0) is 18.6. The maximum absolute atomic E-state index is 12.7. The average Bonchev–Trinajstić information content (AvgIpc) is 2.62. The number of amides is 2. The Labute approximate surface area is 148 Å². The van der Waals surface area contributed by atoms with Gasteiger partial charge in [0.2, 0.25) is 15.9 Å². The second kappa shape index (κ2) is 7.97. The Morgan fingerprint density at radius 2 is 1.96 bits per heavy atom. The van der Waals surface area contributed by atoms with Crippen molar-refractivity contribution in [3.8, 4) is 0 Å². The SMILES string of the molecule is CCN(CC)S(=O)(=O)c1cccc(C(=O)N2CCC[C@H](C(N)=O)C2)c1. The molecule has 1 aliphatic rings. The number of piperidine rings is 1. The molecule has 138 valence electrons. The van der Waals surface area contributed by atoms with Gasteiger partial charge in [0.1, 0.15) is 0 Å². The highest BCUT2D eigenvalue weighted by Crippen LogP contribution is 2.21. The van der Waals surface area contributed by atoms with E-state index in [0.29, 0.717) is 38.0 Å². The van der Waals surface area contributed by atoms with Crippen LogP contribution in [-0.2, 0) is 14.8 Å². The van der Waals surface area contributed by atoms with Crippen LogP contribution in [-0.4, -0.2) is 55.6 Å². The summed E-state index contributed by atoms with van der Waals surface area (Å²) in [7, 11) is -3.62. The summed E-state index contributed by atoms with van der Waals surface area (Å²) in [5.74, 6) is -1.03. The minimum absolute atomic E-state index is 0.102. The summed E-state index contributed by atoms with van der Waals surface area (Å²) in [6.07, 6.45) is 1.38. The molecule has 7 nitrogen and oxygen atoms in total. The summed E-state index contributed by atoms with van der Waals surface area (Å²) in [4.78, 5) is 25.8. The van der Waals surface area contributed by atoms with Crippen molar-refractivity contribution in [2.24, 2.45) is 11.7 Å². The van der Waals surface area contributed by atoms with Gasteiger partial charge in [-0.05, 0) is 31.0 Å². The van der Waals surface area contributed by atoms with Crippen molar-refractivity contribution in [2.75, 3.05) is 26.2 Å². The zero-order valence-corrected chi connectivity index (χ0v) is 15.5. The number of sulfonamides is 1. The molecule has 2 rings (SSSR count). The topological polar surface area (TPSA) is 101 Å². The van der Waals surface area contributed by atoms with E-state index < -0.39 is 15.9 Å². The van der Waals surface area contributed by atoms with Gasteiger partial charge in [0.05, 0.1) is 10.8 Å². The summed E-state index contributed by atoms with van der Waals surface area (Å²) in [6.45, 7) is 5.09. The second-order valence-corrected chi connectivity index (χ2v) is 8.05. The Morgan fingerprint density at radius 3 is 2.56 bits per heavy atom. The highest BCUT2D eigenvalue weighted by molar-refractivity contribution is 7.89.